The van der Waals surface area contributed by atoms with Crippen LogP contribution in [0.15, 0.2) is 6.20 Å². The van der Waals surface area contributed by atoms with Gasteiger partial charge in [-0.05, 0) is 92.7 Å². The average Bonchev–Trinajstić information content (AvgIpc) is 3.97. The fourth-order valence-corrected chi connectivity index (χ4v) is 9.80. The minimum absolute atomic E-state index is 0.0320. The molecule has 1 N–H and O–H groups in total. The number of fused-ring (bicyclic) bond motifs is 2. The van der Waals surface area contributed by atoms with Crippen molar-refractivity contribution in [2.45, 2.75) is 148 Å². The number of amides is 1. The SMILES string of the molecule is CCOC(=O)C(CCCc1nn[nH]n1)(OC[C@H]1O[C@@H](n2ncc3c(N(C(=O)OC(C)(C)C)C4CCCC4)nc(Cl)nc32)[C@@H]2OC(C)(C)O[C@@H]21)P(=O)(OCC)OCC. The Morgan fingerprint density at radius 1 is 1.07 bits per heavy atom. The van der Waals surface area contributed by atoms with Gasteiger partial charge in [-0.3, -0.25) is 9.46 Å². The topological polar surface area (TPSA) is 226 Å². The highest BCUT2D eigenvalue weighted by atomic mass is 35.5. The largest absolute Gasteiger partial charge is 0.463 e. The molecule has 1 aliphatic carbocycles. The van der Waals surface area contributed by atoms with E-state index in [-0.39, 0.29) is 68.5 Å². The number of nitrogens with zero attached hydrogens (tertiary/aromatic N) is 8. The Hall–Kier alpha value is -3.36. The van der Waals surface area contributed by atoms with Gasteiger partial charge < -0.3 is 37.5 Å². The summed E-state index contributed by atoms with van der Waals surface area (Å²) in [5.41, 5.74) is -0.488. The van der Waals surface area contributed by atoms with Crippen LogP contribution in [0.25, 0.3) is 11.0 Å². The number of aromatic amines is 1. The molecule has 3 aliphatic rings. The molecule has 0 spiro atoms. The van der Waals surface area contributed by atoms with Crippen molar-refractivity contribution in [1.29, 1.82) is 0 Å². The molecule has 2 aliphatic heterocycles. The average molecular weight is 842 g/mol. The Morgan fingerprint density at radius 3 is 2.40 bits per heavy atom. The van der Waals surface area contributed by atoms with Crippen molar-refractivity contribution in [3.63, 3.8) is 0 Å². The summed E-state index contributed by atoms with van der Waals surface area (Å²) < 4.78 is 65.0. The first-order valence-electron chi connectivity index (χ1n) is 19.4. The van der Waals surface area contributed by atoms with E-state index >= 15 is 0 Å². The molecule has 1 amide bonds. The second-order valence-corrected chi connectivity index (χ2v) is 18.0. The monoisotopic (exact) mass is 841 g/mol. The smallest absolute Gasteiger partial charge is 0.416 e. The van der Waals surface area contributed by atoms with Crippen LogP contribution in [-0.2, 0) is 53.2 Å². The number of carbonyl (C=O) groups excluding carboxylic acids is 2. The molecular weight excluding hydrogens is 789 g/mol. The summed E-state index contributed by atoms with van der Waals surface area (Å²) in [6.45, 7) is 13.4. The van der Waals surface area contributed by atoms with Crippen molar-refractivity contribution >= 4 is 48.1 Å². The molecule has 0 radical (unpaired) electrons. The lowest BCUT2D eigenvalue weighted by atomic mass is 10.1. The van der Waals surface area contributed by atoms with Gasteiger partial charge in [0, 0.05) is 12.5 Å². The van der Waals surface area contributed by atoms with Gasteiger partial charge in [0.1, 0.15) is 23.9 Å². The normalized spacial score (nSPS) is 23.5. The Balaban J connectivity index is 1.36. The predicted octanol–water partition coefficient (Wildman–Crippen LogP) is 5.66. The van der Waals surface area contributed by atoms with E-state index in [4.69, 9.17) is 49.1 Å². The Morgan fingerprint density at radius 2 is 1.77 bits per heavy atom. The van der Waals surface area contributed by atoms with E-state index in [1.54, 1.807) is 66.5 Å². The van der Waals surface area contributed by atoms with Crippen LogP contribution in [0.1, 0.15) is 106 Å². The minimum Gasteiger partial charge on any atom is -0.463 e. The van der Waals surface area contributed by atoms with Crippen molar-refractivity contribution in [3.05, 3.63) is 17.3 Å². The van der Waals surface area contributed by atoms with Crippen LogP contribution in [0, 0.1) is 0 Å². The van der Waals surface area contributed by atoms with Gasteiger partial charge in [0.2, 0.25) is 5.28 Å². The maximum atomic E-state index is 14.7. The second kappa shape index (κ2) is 17.5. The lowest BCUT2D eigenvalue weighted by molar-refractivity contribution is -0.208. The molecule has 3 aromatic rings. The third kappa shape index (κ3) is 9.12. The molecule has 3 aromatic heterocycles. The number of carbonyl (C=O) groups is 2. The van der Waals surface area contributed by atoms with E-state index in [1.165, 1.54) is 4.68 Å². The van der Waals surface area contributed by atoms with Gasteiger partial charge in [0.15, 0.2) is 29.3 Å². The van der Waals surface area contributed by atoms with Crippen LogP contribution < -0.4 is 4.90 Å². The molecule has 5 atom stereocenters. The molecule has 5 heterocycles. The number of hydrogen-bond donors (Lipinski definition) is 1. The highest BCUT2D eigenvalue weighted by Crippen LogP contribution is 2.63. The Kier molecular flexibility index (Phi) is 13.2. The van der Waals surface area contributed by atoms with Crippen molar-refractivity contribution in [2.24, 2.45) is 0 Å². The summed E-state index contributed by atoms with van der Waals surface area (Å²) in [5, 5.41) is 16.8. The second-order valence-electron chi connectivity index (χ2n) is 15.4. The van der Waals surface area contributed by atoms with Gasteiger partial charge >= 0.3 is 19.7 Å². The van der Waals surface area contributed by atoms with Crippen molar-refractivity contribution in [1.82, 2.24) is 40.4 Å². The lowest BCUT2D eigenvalue weighted by Crippen LogP contribution is -2.47. The third-order valence-electron chi connectivity index (χ3n) is 9.71. The molecule has 0 aromatic carbocycles. The number of halogens is 1. The molecular formula is C35H53ClN9O11P. The summed E-state index contributed by atoms with van der Waals surface area (Å²) >= 11 is 6.59. The molecule has 6 rings (SSSR count). The number of tetrazole rings is 1. The molecule has 57 heavy (non-hydrogen) atoms. The zero-order chi connectivity index (χ0) is 41.2. The number of rotatable bonds is 17. The molecule has 2 saturated heterocycles. The Bertz CT molecular complexity index is 1900. The van der Waals surface area contributed by atoms with Gasteiger partial charge in [-0.15, -0.1) is 10.2 Å². The summed E-state index contributed by atoms with van der Waals surface area (Å²) in [6.07, 6.45) is 1.32. The fourth-order valence-electron chi connectivity index (χ4n) is 7.51. The Labute approximate surface area is 335 Å². The number of anilines is 1. The van der Waals surface area contributed by atoms with Crippen molar-refractivity contribution in [3.8, 4) is 0 Å². The summed E-state index contributed by atoms with van der Waals surface area (Å²) in [7, 11) is -4.39. The summed E-state index contributed by atoms with van der Waals surface area (Å²) in [4.78, 5) is 38.4. The van der Waals surface area contributed by atoms with Crippen LogP contribution in [0.3, 0.4) is 0 Å². The van der Waals surface area contributed by atoms with Gasteiger partial charge in [-0.25, -0.2) is 14.3 Å². The summed E-state index contributed by atoms with van der Waals surface area (Å²) in [5.74, 6) is -1.35. The number of H-pyrrole nitrogens is 1. The minimum atomic E-state index is -4.39. The van der Waals surface area contributed by atoms with E-state index in [1.807, 2.05) is 0 Å². The highest BCUT2D eigenvalue weighted by Gasteiger charge is 2.62. The number of ether oxygens (including phenoxy) is 6. The predicted molar refractivity (Wildman–Crippen MR) is 202 cm³/mol. The zero-order valence-corrected chi connectivity index (χ0v) is 35.3. The molecule has 20 nitrogen and oxygen atoms in total. The maximum absolute atomic E-state index is 14.7. The molecule has 22 heteroatoms. The van der Waals surface area contributed by atoms with Crippen LogP contribution in [0.2, 0.25) is 5.28 Å². The van der Waals surface area contributed by atoms with E-state index in [9.17, 15) is 14.2 Å². The molecule has 1 saturated carbocycles. The zero-order valence-electron chi connectivity index (χ0n) is 33.6. The summed E-state index contributed by atoms with van der Waals surface area (Å²) in [6, 6.07) is -0.172. The fraction of sp³-hybridized carbons (Fsp3) is 0.771. The van der Waals surface area contributed by atoms with Crippen molar-refractivity contribution in [2.75, 3.05) is 31.3 Å². The number of aromatic nitrogens is 8. The first-order valence-corrected chi connectivity index (χ1v) is 21.3. The van der Waals surface area contributed by atoms with Crippen molar-refractivity contribution < 1.29 is 51.6 Å². The van der Waals surface area contributed by atoms with Gasteiger partial charge in [0.05, 0.1) is 38.0 Å². The van der Waals surface area contributed by atoms with E-state index in [0.717, 1.165) is 25.7 Å². The number of hydrogen-bond acceptors (Lipinski definition) is 17. The first kappa shape index (κ1) is 43.2. The highest BCUT2D eigenvalue weighted by molar-refractivity contribution is 7.56. The number of nitrogens with one attached hydrogen (secondary N) is 1. The molecule has 1 unspecified atom stereocenters. The van der Waals surface area contributed by atoms with Crippen LogP contribution in [0.4, 0.5) is 10.6 Å². The van der Waals surface area contributed by atoms with Gasteiger partial charge in [-0.1, -0.05) is 18.1 Å². The van der Waals surface area contributed by atoms with Gasteiger partial charge in [-0.2, -0.15) is 20.3 Å². The first-order chi connectivity index (χ1) is 27.0. The van der Waals surface area contributed by atoms with E-state index < -0.39 is 60.9 Å². The number of esters is 1. The van der Waals surface area contributed by atoms with Crippen LogP contribution >= 0.6 is 19.2 Å². The molecule has 3 fully saturated rings. The van der Waals surface area contributed by atoms with E-state index in [2.05, 4.69) is 35.7 Å². The lowest BCUT2D eigenvalue weighted by Gasteiger charge is -2.37. The van der Waals surface area contributed by atoms with Crippen LogP contribution in [-0.4, -0.2) is 120 Å². The molecule has 316 valence electrons. The van der Waals surface area contributed by atoms with E-state index in [0.29, 0.717) is 11.2 Å². The molecule has 0 bridgehead atoms. The van der Waals surface area contributed by atoms with Gasteiger partial charge in [0.25, 0.3) is 5.34 Å². The third-order valence-corrected chi connectivity index (χ3v) is 12.5. The standard InChI is InChI=1S/C35H53ClN9O11P/c1-9-49-30(46)35(57(48,51-10-2)52-11-3,18-14-17-24-40-42-43-41-24)50-20-23-25-26(55-34(7,8)54-25)29(53-23)45-28-22(19-37-45)27(38-31(36)39-28)44(21-15-12-13-16-21)32(47)56-33(4,5)6/h19,21,23,25-26,29H,9-18,20H2,1-8H3,(H,40,41,42,43)/t23-,25-,26-,29-,35?/m1/s1. The maximum Gasteiger partial charge on any atom is 0.416 e. The quantitative estimate of drug-likeness (QED) is 0.0982. The van der Waals surface area contributed by atoms with Crippen LogP contribution in [0.5, 0.6) is 0 Å². The number of aryl methyl sites for hydroxylation is 1.